The van der Waals surface area contributed by atoms with E-state index >= 15 is 0 Å². The lowest BCUT2D eigenvalue weighted by atomic mass is 10.1. The maximum absolute atomic E-state index is 11.3. The molecule has 1 aromatic rings. The van der Waals surface area contributed by atoms with Gasteiger partial charge in [-0.3, -0.25) is 4.84 Å². The van der Waals surface area contributed by atoms with Crippen molar-refractivity contribution in [2.24, 2.45) is 0 Å². The van der Waals surface area contributed by atoms with Gasteiger partial charge in [-0.25, -0.2) is 9.36 Å². The predicted molar refractivity (Wildman–Crippen MR) is 65.6 cm³/mol. The molecule has 0 spiro atoms. The second-order valence-electron chi connectivity index (χ2n) is 3.74. The van der Waals surface area contributed by atoms with Crippen molar-refractivity contribution >= 4 is 19.4 Å². The number of hydrogen-bond donors (Lipinski definition) is 2. The van der Waals surface area contributed by atoms with Crippen LogP contribution in [0.1, 0.15) is 15.9 Å². The summed E-state index contributed by atoms with van der Waals surface area (Å²) in [6.07, 6.45) is 1.55. The zero-order valence-corrected chi connectivity index (χ0v) is 10.9. The lowest BCUT2D eigenvalue weighted by molar-refractivity contribution is -0.0266. The van der Waals surface area contributed by atoms with E-state index in [-0.39, 0.29) is 12.3 Å². The topological polar surface area (TPSA) is 96.3 Å². The molecule has 1 aliphatic heterocycles. The molecule has 8 heteroatoms. The molecular weight excluding hydrogens is 273 g/mol. The molecule has 0 saturated heterocycles. The molecule has 0 unspecified atom stereocenters. The summed E-state index contributed by atoms with van der Waals surface area (Å²) in [5, 5.41) is 0. The van der Waals surface area contributed by atoms with Gasteiger partial charge in [-0.1, -0.05) is 12.1 Å². The summed E-state index contributed by atoms with van der Waals surface area (Å²) in [5.41, 5.74) is 1.16. The van der Waals surface area contributed by atoms with Crippen LogP contribution in [0, 0.1) is 0 Å². The Balaban J connectivity index is 2.28. The van der Waals surface area contributed by atoms with Crippen LogP contribution in [0.3, 0.4) is 0 Å². The van der Waals surface area contributed by atoms with Crippen LogP contribution in [0.5, 0.6) is 0 Å². The van der Waals surface area contributed by atoms with Gasteiger partial charge in [0, 0.05) is 5.56 Å². The normalized spacial score (nSPS) is 15.3. The maximum Gasteiger partial charge on any atom is 0.453 e. The molecule has 7 nitrogen and oxygen atoms in total. The van der Waals surface area contributed by atoms with Crippen LogP contribution < -0.4 is 0 Å². The molecule has 0 amide bonds. The van der Waals surface area contributed by atoms with Gasteiger partial charge in [0.15, 0.2) is 0 Å². The average Bonchev–Trinajstić information content (AvgIpc) is 2.87. The van der Waals surface area contributed by atoms with E-state index in [2.05, 4.69) is 4.74 Å². The van der Waals surface area contributed by atoms with Crippen molar-refractivity contribution in [1.82, 2.24) is 4.83 Å². The molecule has 102 valence electrons. The third-order valence-electron chi connectivity index (χ3n) is 2.52. The summed E-state index contributed by atoms with van der Waals surface area (Å²) in [6, 6.07) is 6.15. The molecular formula is C11H12NO6P. The van der Waals surface area contributed by atoms with Gasteiger partial charge in [0.2, 0.25) is 0 Å². The van der Waals surface area contributed by atoms with E-state index < -0.39 is 13.7 Å². The highest BCUT2D eigenvalue weighted by atomic mass is 31.2. The quantitative estimate of drug-likeness (QED) is 0.635. The Morgan fingerprint density at radius 3 is 2.53 bits per heavy atom. The molecule has 0 aromatic heterocycles. The highest BCUT2D eigenvalue weighted by Gasteiger charge is 2.33. The van der Waals surface area contributed by atoms with Crippen LogP contribution in [0.25, 0.3) is 5.70 Å². The first kappa shape index (κ1) is 13.8. The van der Waals surface area contributed by atoms with Crippen molar-refractivity contribution < 1.29 is 28.7 Å². The summed E-state index contributed by atoms with van der Waals surface area (Å²) < 4.78 is 15.8. The number of rotatable bonds is 3. The third kappa shape index (κ3) is 2.85. The molecule has 1 aliphatic rings. The third-order valence-corrected chi connectivity index (χ3v) is 3.32. The fourth-order valence-electron chi connectivity index (χ4n) is 1.67. The van der Waals surface area contributed by atoms with Crippen LogP contribution in [-0.4, -0.2) is 34.3 Å². The number of carbonyl (C=O) groups excluding carboxylic acids is 1. The Morgan fingerprint density at radius 2 is 2.00 bits per heavy atom. The average molecular weight is 285 g/mol. The Kier molecular flexibility index (Phi) is 3.73. The van der Waals surface area contributed by atoms with Gasteiger partial charge >= 0.3 is 13.7 Å². The lowest BCUT2D eigenvalue weighted by Crippen LogP contribution is -2.14. The number of hydrogen-bond acceptors (Lipinski definition) is 4. The molecule has 1 heterocycles. The smallest absolute Gasteiger partial charge is 0.453 e. The second-order valence-corrected chi connectivity index (χ2v) is 5.13. The van der Waals surface area contributed by atoms with E-state index in [0.717, 1.165) is 0 Å². The Hall–Kier alpha value is -1.66. The van der Waals surface area contributed by atoms with Crippen molar-refractivity contribution in [3.05, 3.63) is 41.5 Å². The molecule has 0 bridgehead atoms. The highest BCUT2D eigenvalue weighted by molar-refractivity contribution is 7.49. The number of nitrogens with zero attached hydrogens (tertiary/aromatic N) is 1. The zero-order chi connectivity index (χ0) is 14.0. The van der Waals surface area contributed by atoms with Gasteiger partial charge in [0.05, 0.1) is 25.0 Å². The Morgan fingerprint density at radius 1 is 1.37 bits per heavy atom. The standard InChI is InChI=1S/C11H12NO6P/c1-17-11(13)9-4-2-8(3-5-9)10-6-7-18-12(10)19(14,15)16/h2-6H,7H2,1H3,(H2,14,15,16). The summed E-state index contributed by atoms with van der Waals surface area (Å²) in [5.74, 6) is -0.477. The summed E-state index contributed by atoms with van der Waals surface area (Å²) in [6.45, 7) is 0.0825. The summed E-state index contributed by atoms with van der Waals surface area (Å²) in [7, 11) is -3.24. The van der Waals surface area contributed by atoms with Gasteiger partial charge in [-0.15, -0.1) is 0 Å². The van der Waals surface area contributed by atoms with Crippen molar-refractivity contribution in [2.45, 2.75) is 0 Å². The molecule has 19 heavy (non-hydrogen) atoms. The van der Waals surface area contributed by atoms with Gasteiger partial charge in [-0.05, 0) is 18.2 Å². The van der Waals surface area contributed by atoms with Crippen molar-refractivity contribution in [1.29, 1.82) is 0 Å². The molecule has 1 aromatic carbocycles. The van der Waals surface area contributed by atoms with Gasteiger partial charge in [0.1, 0.15) is 0 Å². The summed E-state index contributed by atoms with van der Waals surface area (Å²) >= 11 is 0. The van der Waals surface area contributed by atoms with Gasteiger partial charge in [0.25, 0.3) is 0 Å². The van der Waals surface area contributed by atoms with Crippen molar-refractivity contribution in [3.63, 3.8) is 0 Å². The second kappa shape index (κ2) is 5.14. The molecule has 0 atom stereocenters. The Bertz CT molecular complexity index is 561. The predicted octanol–water partition coefficient (Wildman–Crippen LogP) is 1.15. The van der Waals surface area contributed by atoms with Crippen LogP contribution in [-0.2, 0) is 14.1 Å². The molecule has 2 rings (SSSR count). The van der Waals surface area contributed by atoms with E-state index in [9.17, 15) is 9.36 Å². The minimum absolute atomic E-state index is 0.0825. The van der Waals surface area contributed by atoms with E-state index in [1.54, 1.807) is 18.2 Å². The first-order chi connectivity index (χ1) is 8.93. The van der Waals surface area contributed by atoms with E-state index in [4.69, 9.17) is 14.6 Å². The van der Waals surface area contributed by atoms with Crippen LogP contribution in [0.4, 0.5) is 0 Å². The maximum atomic E-state index is 11.3. The minimum Gasteiger partial charge on any atom is -0.465 e. The van der Waals surface area contributed by atoms with Crippen molar-refractivity contribution in [2.75, 3.05) is 13.7 Å². The largest absolute Gasteiger partial charge is 0.465 e. The van der Waals surface area contributed by atoms with E-state index in [0.29, 0.717) is 16.0 Å². The molecule has 0 saturated carbocycles. The van der Waals surface area contributed by atoms with Crippen LogP contribution in [0.15, 0.2) is 30.3 Å². The monoisotopic (exact) mass is 285 g/mol. The van der Waals surface area contributed by atoms with E-state index in [1.807, 2.05) is 0 Å². The summed E-state index contributed by atoms with van der Waals surface area (Å²) in [4.78, 5) is 35.0. The lowest BCUT2D eigenvalue weighted by Gasteiger charge is -2.21. The SMILES string of the molecule is COC(=O)c1ccc(C2=CCON2P(=O)(O)O)cc1. The van der Waals surface area contributed by atoms with Gasteiger partial charge in [-0.2, -0.15) is 4.83 Å². The van der Waals surface area contributed by atoms with Crippen LogP contribution >= 0.6 is 7.75 Å². The minimum atomic E-state index is -4.52. The first-order valence-corrected chi connectivity index (χ1v) is 6.88. The first-order valence-electron chi connectivity index (χ1n) is 5.31. The number of methoxy groups -OCH3 is 1. The van der Waals surface area contributed by atoms with Crippen molar-refractivity contribution in [3.8, 4) is 0 Å². The fourth-order valence-corrected chi connectivity index (χ4v) is 2.37. The number of benzene rings is 1. The molecule has 0 radical (unpaired) electrons. The zero-order valence-electron chi connectivity index (χ0n) is 10.0. The van der Waals surface area contributed by atoms with Crippen LogP contribution in [0.2, 0.25) is 0 Å². The molecule has 0 aliphatic carbocycles. The number of ether oxygens (including phenoxy) is 1. The molecule has 2 N–H and O–H groups in total. The number of hydroxylamine groups is 1. The van der Waals surface area contributed by atoms with Gasteiger partial charge < -0.3 is 14.5 Å². The number of carbonyl (C=O) groups is 1. The highest BCUT2D eigenvalue weighted by Crippen LogP contribution is 2.48. The molecule has 0 fully saturated rings. The Labute approximate surface area is 109 Å². The van der Waals surface area contributed by atoms with E-state index in [1.165, 1.54) is 19.2 Å². The fraction of sp³-hybridized carbons (Fsp3) is 0.182. The number of esters is 1.